The fourth-order valence-corrected chi connectivity index (χ4v) is 4.54. The minimum Gasteiger partial charge on any atom is -0.498 e. The smallest absolute Gasteiger partial charge is 0.498 e. The van der Waals surface area contributed by atoms with Crippen LogP contribution in [0.2, 0.25) is 5.82 Å². The molecule has 1 fully saturated rings. The van der Waals surface area contributed by atoms with Gasteiger partial charge in [-0.2, -0.15) is 0 Å². The van der Waals surface area contributed by atoms with Crippen LogP contribution in [0.3, 0.4) is 0 Å². The van der Waals surface area contributed by atoms with Crippen LogP contribution in [0.25, 0.3) is 0 Å². The Labute approximate surface area is 215 Å². The molecule has 0 saturated carbocycles. The summed E-state index contributed by atoms with van der Waals surface area (Å²) in [6.07, 6.45) is 4.87. The minimum atomic E-state index is -1.17. The summed E-state index contributed by atoms with van der Waals surface area (Å²) in [6, 6.07) is 8.46. The molecule has 2 heterocycles. The second-order valence-corrected chi connectivity index (χ2v) is 10.4. The molecule has 3 atom stereocenters. The Morgan fingerprint density at radius 3 is 2.58 bits per heavy atom. The average molecular weight is 511 g/mol. The first-order valence-electron chi connectivity index (χ1n) is 11.9. The summed E-state index contributed by atoms with van der Waals surface area (Å²) in [5, 5.41) is 2.26. The van der Waals surface area contributed by atoms with Gasteiger partial charge in [-0.15, -0.1) is 11.8 Å². The predicted molar refractivity (Wildman–Crippen MR) is 136 cm³/mol. The van der Waals surface area contributed by atoms with E-state index in [1.807, 2.05) is 44.2 Å². The lowest BCUT2D eigenvalue weighted by atomic mass is 9.64. The van der Waals surface area contributed by atoms with E-state index >= 15 is 0 Å². The van der Waals surface area contributed by atoms with Crippen LogP contribution < -0.4 is 5.32 Å². The van der Waals surface area contributed by atoms with Gasteiger partial charge in [-0.25, -0.2) is 4.98 Å². The van der Waals surface area contributed by atoms with E-state index in [1.165, 1.54) is 18.6 Å². The van der Waals surface area contributed by atoms with Crippen molar-refractivity contribution in [3.8, 4) is 0 Å². The molecule has 0 unspecified atom stereocenters. The molecular formula is C25H30BN3O6S. The number of carbonyl (C=O) groups excluding carboxylic acids is 4. The summed E-state index contributed by atoms with van der Waals surface area (Å²) in [7, 11) is -1.17. The number of thioether (sulfide) groups is 1. The monoisotopic (exact) mass is 511 g/mol. The lowest BCUT2D eigenvalue weighted by molar-refractivity contribution is -0.139. The van der Waals surface area contributed by atoms with E-state index < -0.39 is 42.1 Å². The van der Waals surface area contributed by atoms with Crippen molar-refractivity contribution < 1.29 is 28.5 Å². The number of nitrogens with zero attached hydrogens (tertiary/aromatic N) is 2. The molecular weight excluding hydrogens is 481 g/mol. The van der Waals surface area contributed by atoms with Crippen LogP contribution in [0.15, 0.2) is 48.9 Å². The number of nitrogens with one attached hydrogen (secondary N) is 1. The molecule has 0 aliphatic carbocycles. The first-order chi connectivity index (χ1) is 17.2. The number of rotatable bonds is 10. The summed E-state index contributed by atoms with van der Waals surface area (Å²) in [5.41, 5.74) is 0.960. The van der Waals surface area contributed by atoms with Crippen LogP contribution in [-0.4, -0.2) is 57.8 Å². The zero-order valence-electron chi connectivity index (χ0n) is 20.6. The molecule has 3 rings (SSSR count). The number of Topliss-reactive ketones (excluding diaryl/α,β-unsaturated/α-hetero) is 1. The van der Waals surface area contributed by atoms with Crippen molar-refractivity contribution in [2.75, 3.05) is 5.75 Å². The molecule has 0 bridgehead atoms. The highest BCUT2D eigenvalue weighted by molar-refractivity contribution is 8.01. The van der Waals surface area contributed by atoms with E-state index in [0.717, 1.165) is 17.3 Å². The van der Waals surface area contributed by atoms with Gasteiger partial charge in [-0.05, 0) is 31.2 Å². The summed E-state index contributed by atoms with van der Waals surface area (Å²) in [5.74, 6) is -2.17. The van der Waals surface area contributed by atoms with Crippen molar-refractivity contribution in [3.63, 3.8) is 0 Å². The minimum absolute atomic E-state index is 0.0277. The molecule has 1 aromatic carbocycles. The van der Waals surface area contributed by atoms with Crippen LogP contribution in [0.4, 0.5) is 0 Å². The lowest BCUT2D eigenvalue weighted by Gasteiger charge is -2.28. The molecule has 1 saturated heterocycles. The van der Waals surface area contributed by atoms with Crippen molar-refractivity contribution in [1.29, 1.82) is 0 Å². The standard InChI is InChI=1S/C25H30BN3O6S/c1-16(2)11-19(26-34-23(31)15-36-17(3)25(33)35-26)13-22(30)20(12-18-7-5-4-6-8-18)29-24(32)21-14-27-9-10-28-21/h4-10,14,16-17,19-20H,11-13,15H2,1-3H3,(H,29,32)/t17-,19-,20+/m1/s1. The number of hydrogen-bond acceptors (Lipinski definition) is 9. The van der Waals surface area contributed by atoms with Crippen LogP contribution in [-0.2, 0) is 30.1 Å². The Morgan fingerprint density at radius 2 is 1.92 bits per heavy atom. The summed E-state index contributed by atoms with van der Waals surface area (Å²) in [6.45, 7) is 5.61. The maximum absolute atomic E-state index is 13.6. The predicted octanol–water partition coefficient (Wildman–Crippen LogP) is 2.90. The number of carbonyl (C=O) groups is 4. The van der Waals surface area contributed by atoms with E-state index in [0.29, 0.717) is 6.42 Å². The van der Waals surface area contributed by atoms with Crippen LogP contribution in [0.5, 0.6) is 0 Å². The van der Waals surface area contributed by atoms with Crippen LogP contribution in [0.1, 0.15) is 49.7 Å². The molecule has 1 aliphatic heterocycles. The molecule has 11 heteroatoms. The third-order valence-electron chi connectivity index (χ3n) is 5.66. The zero-order chi connectivity index (χ0) is 26.1. The average Bonchev–Trinajstić information content (AvgIpc) is 2.86. The molecule has 2 aromatic rings. The molecule has 0 radical (unpaired) electrons. The van der Waals surface area contributed by atoms with Gasteiger partial charge in [0, 0.05) is 24.6 Å². The highest BCUT2D eigenvalue weighted by atomic mass is 32.2. The van der Waals surface area contributed by atoms with Gasteiger partial charge in [-0.1, -0.05) is 44.2 Å². The van der Waals surface area contributed by atoms with Gasteiger partial charge >= 0.3 is 19.1 Å². The van der Waals surface area contributed by atoms with Crippen molar-refractivity contribution >= 4 is 42.5 Å². The van der Waals surface area contributed by atoms with Crippen molar-refractivity contribution in [2.24, 2.45) is 5.92 Å². The van der Waals surface area contributed by atoms with Crippen LogP contribution in [0, 0.1) is 5.92 Å². The third kappa shape index (κ3) is 8.18. The fourth-order valence-electron chi connectivity index (χ4n) is 3.89. The Balaban J connectivity index is 1.82. The van der Waals surface area contributed by atoms with Gasteiger partial charge in [0.1, 0.15) is 5.69 Å². The van der Waals surface area contributed by atoms with Gasteiger partial charge in [-0.3, -0.25) is 24.2 Å². The Bertz CT molecular complexity index is 1060. The van der Waals surface area contributed by atoms with E-state index in [-0.39, 0.29) is 36.0 Å². The quantitative estimate of drug-likeness (QED) is 0.480. The number of amides is 1. The Kier molecular flexibility index (Phi) is 10.0. The highest BCUT2D eigenvalue weighted by Gasteiger charge is 2.42. The number of benzene rings is 1. The van der Waals surface area contributed by atoms with Crippen molar-refractivity contribution in [1.82, 2.24) is 15.3 Å². The number of hydrogen-bond donors (Lipinski definition) is 1. The maximum atomic E-state index is 13.6. The van der Waals surface area contributed by atoms with Crippen LogP contribution >= 0.6 is 11.8 Å². The fraction of sp³-hybridized carbons (Fsp3) is 0.440. The summed E-state index contributed by atoms with van der Waals surface area (Å²) < 4.78 is 11.0. The SMILES string of the molecule is CC(C)C[C@H](CC(=O)[C@H](Cc1ccccc1)NC(=O)c1cnccn1)B1OC(=O)CS[C@H](C)C(=O)O1. The second-order valence-electron chi connectivity index (χ2n) is 9.11. The molecule has 36 heavy (non-hydrogen) atoms. The summed E-state index contributed by atoms with van der Waals surface area (Å²) in [4.78, 5) is 59.0. The van der Waals surface area contributed by atoms with Gasteiger partial charge in [0.05, 0.1) is 23.2 Å². The first-order valence-corrected chi connectivity index (χ1v) is 12.9. The molecule has 1 aliphatic rings. The van der Waals surface area contributed by atoms with E-state index in [4.69, 9.17) is 9.31 Å². The number of aromatic nitrogens is 2. The second kappa shape index (κ2) is 13.2. The molecule has 1 amide bonds. The normalized spacial score (nSPS) is 17.9. The van der Waals surface area contributed by atoms with Crippen molar-refractivity contribution in [2.45, 2.75) is 57.1 Å². The largest absolute Gasteiger partial charge is 0.602 e. The first kappa shape index (κ1) is 27.4. The third-order valence-corrected chi connectivity index (χ3v) is 6.75. The number of ketones is 1. The lowest BCUT2D eigenvalue weighted by Crippen LogP contribution is -2.45. The molecule has 9 nitrogen and oxygen atoms in total. The molecule has 190 valence electrons. The Morgan fingerprint density at radius 1 is 1.17 bits per heavy atom. The maximum Gasteiger partial charge on any atom is 0.602 e. The topological polar surface area (TPSA) is 125 Å². The van der Waals surface area contributed by atoms with Crippen molar-refractivity contribution in [3.05, 3.63) is 60.2 Å². The van der Waals surface area contributed by atoms with E-state index in [2.05, 4.69) is 15.3 Å². The molecule has 0 spiro atoms. The molecule has 1 aromatic heterocycles. The Hall–Kier alpha value is -3.21. The van der Waals surface area contributed by atoms with Gasteiger partial charge in [0.25, 0.3) is 5.91 Å². The molecule has 1 N–H and O–H groups in total. The van der Waals surface area contributed by atoms with Gasteiger partial charge in [0.2, 0.25) is 0 Å². The van der Waals surface area contributed by atoms with Gasteiger partial charge in [0.15, 0.2) is 5.78 Å². The highest BCUT2D eigenvalue weighted by Crippen LogP contribution is 2.30. The zero-order valence-corrected chi connectivity index (χ0v) is 21.4. The van der Waals surface area contributed by atoms with E-state index in [9.17, 15) is 19.2 Å². The summed E-state index contributed by atoms with van der Waals surface area (Å²) >= 11 is 1.15. The van der Waals surface area contributed by atoms with E-state index in [1.54, 1.807) is 6.92 Å². The van der Waals surface area contributed by atoms with Gasteiger partial charge < -0.3 is 14.6 Å².